The van der Waals surface area contributed by atoms with Gasteiger partial charge < -0.3 is 10.0 Å². The van der Waals surface area contributed by atoms with E-state index in [4.69, 9.17) is 10.1 Å². The van der Waals surface area contributed by atoms with Crippen molar-refractivity contribution in [3.63, 3.8) is 0 Å². The van der Waals surface area contributed by atoms with E-state index in [2.05, 4.69) is 19.8 Å². The summed E-state index contributed by atoms with van der Waals surface area (Å²) in [5.41, 5.74) is 1.80. The van der Waals surface area contributed by atoms with Gasteiger partial charge in [0.15, 0.2) is 5.82 Å². The number of benzene rings is 1. The monoisotopic (exact) mass is 379 g/mol. The maximum Gasteiger partial charge on any atom is 0.163 e. The summed E-state index contributed by atoms with van der Waals surface area (Å²) in [5.74, 6) is 0.995. The molecule has 28 heavy (non-hydrogen) atoms. The highest BCUT2D eigenvalue weighted by molar-refractivity contribution is 5.68. The predicted molar refractivity (Wildman–Crippen MR) is 106 cm³/mol. The Morgan fingerprint density at radius 1 is 1.00 bits per heavy atom. The van der Waals surface area contributed by atoms with Crippen LogP contribution in [-0.4, -0.2) is 64.3 Å². The number of aliphatic hydroxyl groups excluding tert-OH is 1. The normalized spacial score (nSPS) is 15.0. The third kappa shape index (κ3) is 4.00. The molecule has 0 spiro atoms. The number of nitrogens with zero attached hydrogens (tertiary/aromatic N) is 5. The zero-order valence-electron chi connectivity index (χ0n) is 15.5. The van der Waals surface area contributed by atoms with Crippen LogP contribution >= 0.6 is 0 Å². The highest BCUT2D eigenvalue weighted by atomic mass is 19.1. The number of hydrogen-bond donors (Lipinski definition) is 1. The second-order valence-corrected chi connectivity index (χ2v) is 6.71. The molecular weight excluding hydrogens is 357 g/mol. The van der Waals surface area contributed by atoms with Gasteiger partial charge in [0.2, 0.25) is 0 Å². The van der Waals surface area contributed by atoms with Gasteiger partial charge in [-0.05, 0) is 24.3 Å². The number of aromatic nitrogens is 3. The van der Waals surface area contributed by atoms with Crippen molar-refractivity contribution in [3.8, 4) is 22.6 Å². The number of pyridine rings is 1. The van der Waals surface area contributed by atoms with E-state index in [1.165, 1.54) is 6.07 Å². The van der Waals surface area contributed by atoms with Crippen LogP contribution in [0.2, 0.25) is 0 Å². The molecular formula is C21H22FN5O. The van der Waals surface area contributed by atoms with Crippen LogP contribution in [0, 0.1) is 5.82 Å². The van der Waals surface area contributed by atoms with Crippen LogP contribution in [0.15, 0.2) is 54.9 Å². The molecule has 1 aliphatic heterocycles. The van der Waals surface area contributed by atoms with Crippen LogP contribution in [-0.2, 0) is 0 Å². The Hall–Kier alpha value is -2.90. The number of anilines is 1. The van der Waals surface area contributed by atoms with Crippen molar-refractivity contribution in [2.75, 3.05) is 44.2 Å². The van der Waals surface area contributed by atoms with Crippen LogP contribution in [0.1, 0.15) is 0 Å². The molecule has 3 heterocycles. The van der Waals surface area contributed by atoms with Crippen molar-refractivity contribution < 1.29 is 9.50 Å². The van der Waals surface area contributed by atoms with Gasteiger partial charge in [0, 0.05) is 62.3 Å². The fraction of sp³-hybridized carbons (Fsp3) is 0.286. The van der Waals surface area contributed by atoms with Gasteiger partial charge in [-0.15, -0.1) is 0 Å². The molecule has 4 rings (SSSR count). The smallest absolute Gasteiger partial charge is 0.163 e. The third-order valence-corrected chi connectivity index (χ3v) is 4.89. The third-order valence-electron chi connectivity index (χ3n) is 4.89. The Labute approximate surface area is 163 Å². The largest absolute Gasteiger partial charge is 0.395 e. The summed E-state index contributed by atoms with van der Waals surface area (Å²) in [6.45, 7) is 4.12. The summed E-state index contributed by atoms with van der Waals surface area (Å²) >= 11 is 0. The van der Waals surface area contributed by atoms with Crippen molar-refractivity contribution in [1.29, 1.82) is 0 Å². The van der Waals surface area contributed by atoms with Crippen molar-refractivity contribution in [2.45, 2.75) is 0 Å². The van der Waals surface area contributed by atoms with Gasteiger partial charge in [0.05, 0.1) is 12.3 Å². The van der Waals surface area contributed by atoms with Gasteiger partial charge in [-0.2, -0.15) is 0 Å². The van der Waals surface area contributed by atoms with Gasteiger partial charge in [-0.3, -0.25) is 9.88 Å². The molecule has 2 aromatic heterocycles. The molecule has 1 N–H and O–H groups in total. The summed E-state index contributed by atoms with van der Waals surface area (Å²) < 4.78 is 14.4. The SMILES string of the molecule is OCCN1CCN(c2cc(-c3ccccc3F)nc(-c3cccnc3)n2)CC1. The van der Waals surface area contributed by atoms with Crippen molar-refractivity contribution in [2.24, 2.45) is 0 Å². The van der Waals surface area contributed by atoms with Gasteiger partial charge in [0.25, 0.3) is 0 Å². The highest BCUT2D eigenvalue weighted by Crippen LogP contribution is 2.28. The van der Waals surface area contributed by atoms with Gasteiger partial charge in [-0.1, -0.05) is 12.1 Å². The Bertz CT molecular complexity index is 929. The van der Waals surface area contributed by atoms with E-state index >= 15 is 0 Å². The molecule has 1 saturated heterocycles. The Kier molecular flexibility index (Phi) is 5.55. The molecule has 6 nitrogen and oxygen atoms in total. The standard InChI is InChI=1S/C21H22FN5O/c22-18-6-2-1-5-17(18)19-14-20(27-10-8-26(9-11-27)12-13-28)25-21(24-19)16-4-3-7-23-15-16/h1-7,14-15,28H,8-13H2. The lowest BCUT2D eigenvalue weighted by atomic mass is 10.1. The lowest BCUT2D eigenvalue weighted by molar-refractivity contribution is 0.188. The molecule has 0 atom stereocenters. The topological polar surface area (TPSA) is 65.4 Å². The summed E-state index contributed by atoms with van der Waals surface area (Å²) in [4.78, 5) is 17.9. The predicted octanol–water partition coefficient (Wildman–Crippen LogP) is 2.46. The molecule has 0 amide bonds. The fourth-order valence-corrected chi connectivity index (χ4v) is 3.37. The first-order chi connectivity index (χ1) is 13.7. The van der Waals surface area contributed by atoms with E-state index in [0.717, 1.165) is 37.6 Å². The Balaban J connectivity index is 1.72. The first kappa shape index (κ1) is 18.5. The van der Waals surface area contributed by atoms with Crippen LogP contribution in [0.4, 0.5) is 10.2 Å². The second kappa shape index (κ2) is 8.41. The van der Waals surface area contributed by atoms with Gasteiger partial charge >= 0.3 is 0 Å². The minimum atomic E-state index is -0.308. The van der Waals surface area contributed by atoms with E-state index in [-0.39, 0.29) is 12.4 Å². The first-order valence-corrected chi connectivity index (χ1v) is 9.37. The van der Waals surface area contributed by atoms with Crippen molar-refractivity contribution in [3.05, 3.63) is 60.7 Å². The quantitative estimate of drug-likeness (QED) is 0.735. The average molecular weight is 379 g/mol. The zero-order valence-corrected chi connectivity index (χ0v) is 15.5. The number of hydrogen-bond acceptors (Lipinski definition) is 6. The van der Waals surface area contributed by atoms with Crippen molar-refractivity contribution >= 4 is 5.82 Å². The van der Waals surface area contributed by atoms with Crippen LogP contribution in [0.25, 0.3) is 22.6 Å². The van der Waals surface area contributed by atoms with E-state index < -0.39 is 0 Å². The fourth-order valence-electron chi connectivity index (χ4n) is 3.37. The summed E-state index contributed by atoms with van der Waals surface area (Å²) in [6.07, 6.45) is 3.41. The molecule has 7 heteroatoms. The molecule has 3 aromatic rings. The lowest BCUT2D eigenvalue weighted by Gasteiger charge is -2.35. The van der Waals surface area contributed by atoms with E-state index in [9.17, 15) is 4.39 Å². The summed E-state index contributed by atoms with van der Waals surface area (Å²) in [6, 6.07) is 12.2. The molecule has 1 aromatic carbocycles. The second-order valence-electron chi connectivity index (χ2n) is 6.71. The molecule has 0 aliphatic carbocycles. The Morgan fingerprint density at radius 2 is 1.82 bits per heavy atom. The zero-order chi connectivity index (χ0) is 19.3. The minimum Gasteiger partial charge on any atom is -0.395 e. The molecule has 0 unspecified atom stereocenters. The van der Waals surface area contributed by atoms with Crippen LogP contribution < -0.4 is 4.90 Å². The molecule has 0 radical (unpaired) electrons. The van der Waals surface area contributed by atoms with E-state index in [1.54, 1.807) is 30.6 Å². The maximum atomic E-state index is 14.4. The maximum absolute atomic E-state index is 14.4. The Morgan fingerprint density at radius 3 is 2.54 bits per heavy atom. The van der Waals surface area contributed by atoms with Crippen LogP contribution in [0.5, 0.6) is 0 Å². The van der Waals surface area contributed by atoms with Crippen LogP contribution in [0.3, 0.4) is 0 Å². The number of halogens is 1. The summed E-state index contributed by atoms with van der Waals surface area (Å²) in [7, 11) is 0. The average Bonchev–Trinajstić information content (AvgIpc) is 2.75. The lowest BCUT2D eigenvalue weighted by Crippen LogP contribution is -2.47. The highest BCUT2D eigenvalue weighted by Gasteiger charge is 2.20. The molecule has 0 saturated carbocycles. The van der Waals surface area contributed by atoms with Gasteiger partial charge in [-0.25, -0.2) is 14.4 Å². The minimum absolute atomic E-state index is 0.163. The number of β-amino-alcohol motifs (C(OH)–C–C–N with tert-alkyl or cyclic N) is 1. The van der Waals surface area contributed by atoms with Crippen molar-refractivity contribution in [1.82, 2.24) is 19.9 Å². The van der Waals surface area contributed by atoms with E-state index in [1.807, 2.05) is 18.2 Å². The number of rotatable bonds is 5. The number of aliphatic hydroxyl groups is 1. The number of piperazine rings is 1. The molecule has 1 fully saturated rings. The van der Waals surface area contributed by atoms with Gasteiger partial charge in [0.1, 0.15) is 11.6 Å². The van der Waals surface area contributed by atoms with E-state index in [0.29, 0.717) is 23.6 Å². The molecule has 1 aliphatic rings. The summed E-state index contributed by atoms with van der Waals surface area (Å²) in [5, 5.41) is 9.14. The molecule has 144 valence electrons. The molecule has 0 bridgehead atoms. The first-order valence-electron chi connectivity index (χ1n) is 9.37.